The summed E-state index contributed by atoms with van der Waals surface area (Å²) in [5.41, 5.74) is 7.15. The van der Waals surface area contributed by atoms with Crippen molar-refractivity contribution in [3.05, 3.63) is 109 Å². The molecule has 5 nitrogen and oxygen atoms in total. The van der Waals surface area contributed by atoms with E-state index in [4.69, 9.17) is 13.7 Å². The maximum absolute atomic E-state index is 10.6. The third-order valence-electron chi connectivity index (χ3n) is 9.30. The number of hydrogen-bond acceptors (Lipinski definition) is 4. The molecule has 208 valence electrons. The molecule has 0 amide bonds. The number of fused-ring (bicyclic) bond motifs is 6. The second-order valence-electron chi connectivity index (χ2n) is 12.3. The Hall–Kier alpha value is -4.83. The van der Waals surface area contributed by atoms with Crippen LogP contribution in [0.4, 0.5) is 0 Å². The quantitative estimate of drug-likeness (QED) is 0.203. The molecule has 2 aromatic heterocycles. The summed E-state index contributed by atoms with van der Waals surface area (Å²) < 4.78 is 21.1. The number of hydrogen-bond donors (Lipinski definition) is 0. The van der Waals surface area contributed by atoms with E-state index in [2.05, 4.69) is 86.9 Å². The van der Waals surface area contributed by atoms with Crippen molar-refractivity contribution in [3.8, 4) is 22.9 Å². The van der Waals surface area contributed by atoms with Gasteiger partial charge in [0.15, 0.2) is 0 Å². The first kappa shape index (κ1) is 25.9. The molecule has 0 spiro atoms. The van der Waals surface area contributed by atoms with Crippen molar-refractivity contribution in [2.45, 2.75) is 38.9 Å². The molecule has 0 aliphatic carbocycles. The molecule has 6 heteroatoms. The van der Waals surface area contributed by atoms with Gasteiger partial charge in [0.05, 0.1) is 33.5 Å². The van der Waals surface area contributed by atoms with Crippen LogP contribution in [0.1, 0.15) is 33.3 Å². The highest BCUT2D eigenvalue weighted by Gasteiger charge is 2.51. The Morgan fingerprint density at radius 2 is 1.26 bits per heavy atom. The molecule has 1 saturated heterocycles. The zero-order valence-electron chi connectivity index (χ0n) is 24.5. The number of rotatable bonds is 3. The van der Waals surface area contributed by atoms with Crippen molar-refractivity contribution in [1.82, 2.24) is 4.57 Å². The minimum atomic E-state index is -0.462. The summed E-state index contributed by atoms with van der Waals surface area (Å²) in [5, 5.41) is 14.9. The number of nitrogens with zero attached hydrogens (tertiary/aromatic N) is 2. The SMILES string of the molecule is CC1(C)OB(c2ccc3oc4ccc(-c5cccc(-n6c7ccccc7c7ccccc76)c5C#N)cc4c3c2)OC1(C)C. The molecule has 0 saturated carbocycles. The zero-order valence-corrected chi connectivity index (χ0v) is 24.5. The van der Waals surface area contributed by atoms with Gasteiger partial charge in [-0.1, -0.05) is 66.7 Å². The molecule has 0 atom stereocenters. The predicted octanol–water partition coefficient (Wildman–Crippen LogP) is 8.52. The second-order valence-corrected chi connectivity index (χ2v) is 12.3. The van der Waals surface area contributed by atoms with E-state index in [1.807, 2.05) is 54.6 Å². The van der Waals surface area contributed by atoms with Gasteiger partial charge in [0.2, 0.25) is 0 Å². The highest BCUT2D eigenvalue weighted by Crippen LogP contribution is 2.39. The Morgan fingerprint density at radius 3 is 1.91 bits per heavy atom. The van der Waals surface area contributed by atoms with Crippen LogP contribution in [-0.2, 0) is 9.31 Å². The van der Waals surface area contributed by atoms with E-state index in [0.717, 1.165) is 66.0 Å². The van der Waals surface area contributed by atoms with E-state index in [1.54, 1.807) is 0 Å². The summed E-state index contributed by atoms with van der Waals surface area (Å²) in [4.78, 5) is 0. The van der Waals surface area contributed by atoms with Crippen LogP contribution < -0.4 is 5.46 Å². The van der Waals surface area contributed by atoms with E-state index >= 15 is 0 Å². The molecular weight excluding hydrogens is 531 g/mol. The monoisotopic (exact) mass is 560 g/mol. The van der Waals surface area contributed by atoms with Gasteiger partial charge in [-0.2, -0.15) is 5.26 Å². The standard InChI is InChI=1S/C37H29BN2O3/c1-36(2)37(3,4)43-38(42-36)24-17-19-35-29(21-24)28-20-23(16-18-34(28)41-35)25-12-9-15-33(30(25)22-39)40-31-13-7-5-10-26(31)27-11-6-8-14-32(27)40/h5-21H,1-4H3. The summed E-state index contributed by atoms with van der Waals surface area (Å²) in [5.74, 6) is 0. The summed E-state index contributed by atoms with van der Waals surface area (Å²) in [6, 6.07) is 37.6. The average molecular weight is 560 g/mol. The highest BCUT2D eigenvalue weighted by atomic mass is 16.7. The fourth-order valence-corrected chi connectivity index (χ4v) is 6.35. The Kier molecular flexibility index (Phi) is 5.46. The lowest BCUT2D eigenvalue weighted by Gasteiger charge is -2.32. The first-order valence-electron chi connectivity index (χ1n) is 14.6. The fraction of sp³-hybridized carbons (Fsp3) is 0.162. The van der Waals surface area contributed by atoms with Crippen molar-refractivity contribution in [1.29, 1.82) is 5.26 Å². The average Bonchev–Trinajstić information content (AvgIpc) is 3.62. The van der Waals surface area contributed by atoms with Gasteiger partial charge in [-0.15, -0.1) is 0 Å². The van der Waals surface area contributed by atoms with Gasteiger partial charge in [0.1, 0.15) is 17.2 Å². The van der Waals surface area contributed by atoms with E-state index in [-0.39, 0.29) is 0 Å². The van der Waals surface area contributed by atoms with Crippen LogP contribution in [0.2, 0.25) is 0 Å². The number of para-hydroxylation sites is 2. The first-order valence-corrected chi connectivity index (χ1v) is 14.6. The Labute approximate surface area is 250 Å². The van der Waals surface area contributed by atoms with Gasteiger partial charge in [-0.3, -0.25) is 0 Å². The number of aromatic nitrogens is 1. The number of nitriles is 1. The third-order valence-corrected chi connectivity index (χ3v) is 9.30. The van der Waals surface area contributed by atoms with Crippen molar-refractivity contribution in [3.63, 3.8) is 0 Å². The van der Waals surface area contributed by atoms with Crippen LogP contribution in [0.15, 0.2) is 108 Å². The molecule has 5 aromatic carbocycles. The van der Waals surface area contributed by atoms with Crippen LogP contribution in [0, 0.1) is 11.3 Å². The molecule has 1 fully saturated rings. The van der Waals surface area contributed by atoms with Gasteiger partial charge in [0.25, 0.3) is 0 Å². The van der Waals surface area contributed by atoms with Crippen molar-refractivity contribution in [2.24, 2.45) is 0 Å². The Morgan fingerprint density at radius 1 is 0.651 bits per heavy atom. The van der Waals surface area contributed by atoms with Crippen molar-refractivity contribution >= 4 is 56.3 Å². The largest absolute Gasteiger partial charge is 0.494 e. The number of furan rings is 1. The van der Waals surface area contributed by atoms with Crippen LogP contribution in [-0.4, -0.2) is 22.9 Å². The van der Waals surface area contributed by atoms with Crippen LogP contribution in [0.3, 0.4) is 0 Å². The third kappa shape index (κ3) is 3.79. The molecule has 0 bridgehead atoms. The number of benzene rings is 5. The lowest BCUT2D eigenvalue weighted by molar-refractivity contribution is 0.00578. The fourth-order valence-electron chi connectivity index (χ4n) is 6.35. The highest BCUT2D eigenvalue weighted by molar-refractivity contribution is 6.62. The van der Waals surface area contributed by atoms with Gasteiger partial charge >= 0.3 is 7.12 Å². The molecule has 3 heterocycles. The Bertz CT molecular complexity index is 2220. The molecule has 0 unspecified atom stereocenters. The smallest absolute Gasteiger partial charge is 0.456 e. The maximum atomic E-state index is 10.6. The predicted molar refractivity (Wildman–Crippen MR) is 174 cm³/mol. The van der Waals surface area contributed by atoms with E-state index in [0.29, 0.717) is 5.56 Å². The summed E-state index contributed by atoms with van der Waals surface area (Å²) in [7, 11) is -0.462. The molecule has 0 radical (unpaired) electrons. The Balaban J connectivity index is 1.29. The first-order chi connectivity index (χ1) is 20.8. The van der Waals surface area contributed by atoms with Gasteiger partial charge < -0.3 is 18.3 Å². The molecule has 7 aromatic rings. The molecule has 0 N–H and O–H groups in total. The molecular formula is C37H29BN2O3. The summed E-state index contributed by atoms with van der Waals surface area (Å²) >= 11 is 0. The lowest BCUT2D eigenvalue weighted by atomic mass is 9.78. The minimum absolute atomic E-state index is 0.423. The van der Waals surface area contributed by atoms with Crippen LogP contribution >= 0.6 is 0 Å². The lowest BCUT2D eigenvalue weighted by Crippen LogP contribution is -2.41. The molecule has 1 aliphatic heterocycles. The van der Waals surface area contributed by atoms with E-state index in [9.17, 15) is 5.26 Å². The normalized spacial score (nSPS) is 16.0. The van der Waals surface area contributed by atoms with Crippen molar-refractivity contribution < 1.29 is 13.7 Å². The topological polar surface area (TPSA) is 60.3 Å². The maximum Gasteiger partial charge on any atom is 0.494 e. The summed E-state index contributed by atoms with van der Waals surface area (Å²) in [6.45, 7) is 8.24. The second kappa shape index (κ2) is 9.09. The minimum Gasteiger partial charge on any atom is -0.456 e. The molecule has 43 heavy (non-hydrogen) atoms. The van der Waals surface area contributed by atoms with Crippen molar-refractivity contribution in [2.75, 3.05) is 0 Å². The zero-order chi connectivity index (χ0) is 29.5. The van der Waals surface area contributed by atoms with E-state index < -0.39 is 18.3 Å². The molecule has 1 aliphatic rings. The molecule has 8 rings (SSSR count). The van der Waals surface area contributed by atoms with Crippen LogP contribution in [0.5, 0.6) is 0 Å². The summed E-state index contributed by atoms with van der Waals surface area (Å²) in [6.07, 6.45) is 0. The van der Waals surface area contributed by atoms with Gasteiger partial charge in [-0.05, 0) is 75.1 Å². The van der Waals surface area contributed by atoms with Crippen LogP contribution in [0.25, 0.3) is 60.6 Å². The van der Waals surface area contributed by atoms with Gasteiger partial charge in [0, 0.05) is 27.1 Å². The van der Waals surface area contributed by atoms with E-state index in [1.165, 1.54) is 0 Å². The van der Waals surface area contributed by atoms with Gasteiger partial charge in [-0.25, -0.2) is 0 Å².